The Bertz CT molecular complexity index is 1900. The van der Waals surface area contributed by atoms with E-state index in [-0.39, 0.29) is 33.9 Å². The Labute approximate surface area is 263 Å². The van der Waals surface area contributed by atoms with Crippen LogP contribution in [0.2, 0.25) is 0 Å². The van der Waals surface area contributed by atoms with E-state index >= 15 is 0 Å². The van der Waals surface area contributed by atoms with E-state index in [0.717, 1.165) is 41.6 Å². The number of aromatic nitrogens is 3. The van der Waals surface area contributed by atoms with Gasteiger partial charge in [0.1, 0.15) is 17.0 Å². The van der Waals surface area contributed by atoms with Crippen molar-refractivity contribution in [1.29, 1.82) is 0 Å². The number of anilines is 2. The Morgan fingerprint density at radius 2 is 1.64 bits per heavy atom. The smallest absolute Gasteiger partial charge is 0.269 e. The summed E-state index contributed by atoms with van der Waals surface area (Å²) in [5.41, 5.74) is 1.64. The normalized spacial score (nSPS) is 18.2. The van der Waals surface area contributed by atoms with Gasteiger partial charge in [-0.05, 0) is 62.9 Å². The number of benzene rings is 2. The van der Waals surface area contributed by atoms with E-state index in [0.29, 0.717) is 43.1 Å². The minimum atomic E-state index is -3.86. The van der Waals surface area contributed by atoms with Crippen molar-refractivity contribution in [3.05, 3.63) is 72.7 Å². The summed E-state index contributed by atoms with van der Waals surface area (Å²) in [6.45, 7) is 3.86. The first-order valence-corrected chi connectivity index (χ1v) is 18.0. The summed E-state index contributed by atoms with van der Waals surface area (Å²) in [6, 6.07) is 14.9. The maximum absolute atomic E-state index is 13.4. The zero-order chi connectivity index (χ0) is 31.6. The van der Waals surface area contributed by atoms with E-state index in [4.69, 9.17) is 0 Å². The van der Waals surface area contributed by atoms with Gasteiger partial charge in [0.2, 0.25) is 15.9 Å². The number of piperidine rings is 2. The van der Waals surface area contributed by atoms with Crippen LogP contribution in [0, 0.1) is 6.92 Å². The van der Waals surface area contributed by atoms with Gasteiger partial charge < -0.3 is 15.5 Å². The Morgan fingerprint density at radius 3 is 2.42 bits per heavy atom. The lowest BCUT2D eigenvalue weighted by Gasteiger charge is -2.33. The lowest BCUT2D eigenvalue weighted by atomic mass is 10.1. The molecular formula is C31H37N7O5S2. The van der Waals surface area contributed by atoms with Gasteiger partial charge in [-0.15, -0.1) is 0 Å². The van der Waals surface area contributed by atoms with Gasteiger partial charge in [-0.25, -0.2) is 30.8 Å². The molecule has 2 saturated heterocycles. The Hall–Kier alpha value is -4.01. The average molecular weight is 652 g/mol. The van der Waals surface area contributed by atoms with Gasteiger partial charge in [0.25, 0.3) is 10.0 Å². The highest BCUT2D eigenvalue weighted by atomic mass is 32.2. The second kappa shape index (κ2) is 12.8. The molecule has 2 aromatic heterocycles. The molecule has 4 aromatic rings. The number of sulfonamides is 1. The number of rotatable bonds is 9. The number of carbonyl (C=O) groups is 1. The van der Waals surface area contributed by atoms with Crippen molar-refractivity contribution in [1.82, 2.24) is 23.1 Å². The number of nitrogens with zero attached hydrogens (tertiary/aromatic N) is 5. The first kappa shape index (κ1) is 31.0. The van der Waals surface area contributed by atoms with Crippen LogP contribution >= 0.6 is 0 Å². The van der Waals surface area contributed by atoms with Crippen molar-refractivity contribution in [3.63, 3.8) is 0 Å². The zero-order valence-corrected chi connectivity index (χ0v) is 26.7. The van der Waals surface area contributed by atoms with Gasteiger partial charge in [0, 0.05) is 38.4 Å². The number of fused-ring (bicyclic) bond motifs is 1. The molecule has 6 rings (SSSR count). The highest BCUT2D eigenvalue weighted by Crippen LogP contribution is 2.28. The Morgan fingerprint density at radius 1 is 0.889 bits per heavy atom. The van der Waals surface area contributed by atoms with Crippen LogP contribution in [0.1, 0.15) is 37.7 Å². The van der Waals surface area contributed by atoms with Crippen molar-refractivity contribution in [3.8, 4) is 0 Å². The second-order valence-corrected chi connectivity index (χ2v) is 15.2. The number of para-hydroxylation sites is 1. The van der Waals surface area contributed by atoms with Gasteiger partial charge in [-0.3, -0.25) is 4.79 Å². The molecule has 2 N–H and O–H groups in total. The molecule has 2 aliphatic heterocycles. The van der Waals surface area contributed by atoms with Crippen LogP contribution in [0.5, 0.6) is 0 Å². The fourth-order valence-electron chi connectivity index (χ4n) is 5.94. The fraction of sp³-hybridized carbons (Fsp3) is 0.387. The largest absolute Gasteiger partial charge is 0.375 e. The van der Waals surface area contributed by atoms with Crippen molar-refractivity contribution in [2.24, 2.45) is 0 Å². The summed E-state index contributed by atoms with van der Waals surface area (Å²) < 4.78 is 56.1. The van der Waals surface area contributed by atoms with Crippen LogP contribution in [-0.4, -0.2) is 84.7 Å². The topological polar surface area (TPSA) is 147 Å². The summed E-state index contributed by atoms with van der Waals surface area (Å²) in [6.07, 6.45) is 7.08. The van der Waals surface area contributed by atoms with Crippen molar-refractivity contribution in [2.45, 2.75) is 54.9 Å². The van der Waals surface area contributed by atoms with Gasteiger partial charge in [0.15, 0.2) is 5.65 Å². The maximum atomic E-state index is 13.4. The molecule has 2 aliphatic rings. The molecule has 1 unspecified atom stereocenters. The molecule has 0 aliphatic carbocycles. The first-order valence-electron chi connectivity index (χ1n) is 15.2. The summed E-state index contributed by atoms with van der Waals surface area (Å²) in [5, 5.41) is 7.04. The van der Waals surface area contributed by atoms with E-state index in [2.05, 4.69) is 20.6 Å². The van der Waals surface area contributed by atoms with E-state index in [1.54, 1.807) is 59.5 Å². The number of likely N-dealkylation sites (tertiary alicyclic amines) is 1. The summed E-state index contributed by atoms with van der Waals surface area (Å²) >= 11 is 0. The third-order valence-corrected chi connectivity index (χ3v) is 12.0. The van der Waals surface area contributed by atoms with Crippen LogP contribution < -0.4 is 10.6 Å². The van der Waals surface area contributed by atoms with Crippen LogP contribution in [0.4, 0.5) is 11.5 Å². The second-order valence-electron chi connectivity index (χ2n) is 11.5. The number of hydrogen-bond acceptors (Lipinski definition) is 9. The molecule has 4 heterocycles. The van der Waals surface area contributed by atoms with Crippen LogP contribution in [0.25, 0.3) is 11.0 Å². The molecule has 2 aromatic carbocycles. The molecule has 12 nitrogen and oxygen atoms in total. The number of nitrogens with one attached hydrogen (secondary N) is 2. The Kier molecular flexibility index (Phi) is 8.80. The summed E-state index contributed by atoms with van der Waals surface area (Å²) in [5.74, 6) is 0.349. The third-order valence-electron chi connectivity index (χ3n) is 8.39. The Balaban J connectivity index is 1.13. The van der Waals surface area contributed by atoms with Crippen molar-refractivity contribution >= 4 is 48.5 Å². The average Bonchev–Trinajstić information content (AvgIpc) is 3.51. The number of aryl methyl sites for hydroxylation is 1. The van der Waals surface area contributed by atoms with Gasteiger partial charge in [-0.1, -0.05) is 36.2 Å². The molecule has 1 atom stereocenters. The van der Waals surface area contributed by atoms with Crippen molar-refractivity contribution in [2.75, 3.05) is 43.4 Å². The molecule has 0 radical (unpaired) electrons. The number of amides is 1. The third kappa shape index (κ3) is 6.40. The van der Waals surface area contributed by atoms with E-state index in [1.165, 1.54) is 16.8 Å². The van der Waals surface area contributed by atoms with Gasteiger partial charge in [-0.2, -0.15) is 4.31 Å². The standard InChI is InChI=1S/C31H37N7O5S2/c1-23-11-13-25(14-12-23)44(40,41)38-19-15-26-30(33-22-34-31(26)38)35-24-8-7-16-36(21-24)29(39)20-32-27-9-3-4-10-28(27)45(42,43)37-17-5-2-6-18-37/h3-4,9-15,19,22,24,32H,2,5-8,16-18,20-21H2,1H3,(H,33,34,35). The van der Waals surface area contributed by atoms with Crippen LogP contribution in [0.15, 0.2) is 76.9 Å². The number of hydrogen-bond donors (Lipinski definition) is 2. The molecule has 1 amide bonds. The quantitative estimate of drug-likeness (QED) is 0.277. The van der Waals surface area contributed by atoms with E-state index in [1.807, 2.05) is 6.92 Å². The van der Waals surface area contributed by atoms with Crippen LogP contribution in [0.3, 0.4) is 0 Å². The predicted molar refractivity (Wildman–Crippen MR) is 172 cm³/mol. The minimum absolute atomic E-state index is 0.0449. The molecule has 45 heavy (non-hydrogen) atoms. The molecule has 0 saturated carbocycles. The van der Waals surface area contributed by atoms with E-state index < -0.39 is 20.0 Å². The fourth-order valence-corrected chi connectivity index (χ4v) is 8.93. The lowest BCUT2D eigenvalue weighted by molar-refractivity contribution is -0.130. The highest BCUT2D eigenvalue weighted by molar-refractivity contribution is 7.90. The predicted octanol–water partition coefficient (Wildman–Crippen LogP) is 3.67. The monoisotopic (exact) mass is 651 g/mol. The van der Waals surface area contributed by atoms with E-state index in [9.17, 15) is 21.6 Å². The molecule has 0 bridgehead atoms. The minimum Gasteiger partial charge on any atom is -0.375 e. The van der Waals surface area contributed by atoms with Crippen LogP contribution in [-0.2, 0) is 24.8 Å². The molecule has 14 heteroatoms. The zero-order valence-electron chi connectivity index (χ0n) is 25.1. The lowest BCUT2D eigenvalue weighted by Crippen LogP contribution is -2.47. The SMILES string of the molecule is Cc1ccc(S(=O)(=O)n2ccc3c(NC4CCCN(C(=O)CNc5ccccc5S(=O)(=O)N5CCCCC5)C4)ncnc32)cc1. The first-order chi connectivity index (χ1) is 21.6. The summed E-state index contributed by atoms with van der Waals surface area (Å²) in [7, 11) is -7.53. The summed E-state index contributed by atoms with van der Waals surface area (Å²) in [4.78, 5) is 24.1. The highest BCUT2D eigenvalue weighted by Gasteiger charge is 2.29. The van der Waals surface area contributed by atoms with Gasteiger partial charge >= 0.3 is 0 Å². The molecule has 0 spiro atoms. The molecule has 2 fully saturated rings. The maximum Gasteiger partial charge on any atom is 0.269 e. The van der Waals surface area contributed by atoms with Gasteiger partial charge in [0.05, 0.1) is 22.5 Å². The number of carbonyl (C=O) groups excluding carboxylic acids is 1. The molecular weight excluding hydrogens is 615 g/mol. The van der Waals surface area contributed by atoms with Crippen molar-refractivity contribution < 1.29 is 21.6 Å². The molecule has 238 valence electrons.